The molecule has 0 atom stereocenters. The third kappa shape index (κ3) is 5.08. The summed E-state index contributed by atoms with van der Waals surface area (Å²) in [6.07, 6.45) is 0.0465. The number of alkyl halides is 3. The van der Waals surface area contributed by atoms with Gasteiger partial charge < -0.3 is 14.3 Å². The molecule has 1 N–H and O–H groups in total. The fourth-order valence-electron chi connectivity index (χ4n) is 3.10. The van der Waals surface area contributed by atoms with E-state index < -0.39 is 17.8 Å². The van der Waals surface area contributed by atoms with Gasteiger partial charge in [0, 0.05) is 31.4 Å². The normalized spacial score (nSPS) is 11.5. The molecular weight excluding hydrogens is 522 g/mol. The number of benzene rings is 1. The van der Waals surface area contributed by atoms with E-state index in [1.54, 1.807) is 30.1 Å². The average Bonchev–Trinajstić information content (AvgIpc) is 3.30. The first-order valence-corrected chi connectivity index (χ1v) is 10.8. The van der Waals surface area contributed by atoms with Gasteiger partial charge in [-0.3, -0.25) is 4.79 Å². The third-order valence-corrected chi connectivity index (χ3v) is 6.27. The van der Waals surface area contributed by atoms with Gasteiger partial charge in [0.25, 0.3) is 5.91 Å². The molecule has 0 saturated heterocycles. The largest absolute Gasteiger partial charge is 0.435 e. The standard InChI is InChI=1S/C20H14Cl2F3N5OS.ClH/c1-29-9-7-26-19(29)32-10-14-16(20(23,24)25)28-17-13(6-3-8-30(14)17)27-18(31)15-11(21)4-2-5-12(15)22;/h2-9H,10H2,1H3,(H,27,31);1H. The topological polar surface area (TPSA) is 64.2 Å². The molecule has 0 spiro atoms. The molecular formula is C20H15Cl3F3N5OS. The van der Waals surface area contributed by atoms with Crippen molar-refractivity contribution in [3.05, 3.63) is 75.9 Å². The molecule has 0 aliphatic carbocycles. The molecule has 0 aliphatic heterocycles. The minimum absolute atomic E-state index is 0. The molecule has 3 heterocycles. The summed E-state index contributed by atoms with van der Waals surface area (Å²) in [5.41, 5.74) is -1.03. The van der Waals surface area contributed by atoms with Crippen LogP contribution in [0.4, 0.5) is 18.9 Å². The first-order chi connectivity index (χ1) is 15.2. The van der Waals surface area contributed by atoms with E-state index in [-0.39, 0.29) is 50.8 Å². The Kier molecular flexibility index (Phi) is 7.52. The highest BCUT2D eigenvalue weighted by atomic mass is 35.5. The van der Waals surface area contributed by atoms with Gasteiger partial charge in [0.1, 0.15) is 0 Å². The lowest BCUT2D eigenvalue weighted by Gasteiger charge is -2.10. The van der Waals surface area contributed by atoms with Gasteiger partial charge >= 0.3 is 6.18 Å². The predicted molar refractivity (Wildman–Crippen MR) is 125 cm³/mol. The van der Waals surface area contributed by atoms with E-state index in [4.69, 9.17) is 23.2 Å². The number of anilines is 1. The molecule has 0 saturated carbocycles. The van der Waals surface area contributed by atoms with Crippen LogP contribution in [0.5, 0.6) is 0 Å². The number of hydrogen-bond acceptors (Lipinski definition) is 4. The van der Waals surface area contributed by atoms with E-state index >= 15 is 0 Å². The van der Waals surface area contributed by atoms with Crippen molar-refractivity contribution in [1.82, 2.24) is 18.9 Å². The van der Waals surface area contributed by atoms with Crippen LogP contribution in [0.3, 0.4) is 0 Å². The van der Waals surface area contributed by atoms with Crippen molar-refractivity contribution in [3.63, 3.8) is 0 Å². The zero-order valence-corrected chi connectivity index (χ0v) is 19.9. The van der Waals surface area contributed by atoms with E-state index in [1.165, 1.54) is 34.9 Å². The summed E-state index contributed by atoms with van der Waals surface area (Å²) in [6.45, 7) is 0. The van der Waals surface area contributed by atoms with E-state index in [2.05, 4.69) is 15.3 Å². The highest BCUT2D eigenvalue weighted by Gasteiger charge is 2.38. The van der Waals surface area contributed by atoms with Crippen LogP contribution in [0.1, 0.15) is 21.7 Å². The molecule has 4 aromatic rings. The lowest BCUT2D eigenvalue weighted by Crippen LogP contribution is -2.14. The smallest absolute Gasteiger partial charge is 0.329 e. The molecule has 3 aromatic heterocycles. The number of amides is 1. The number of carbonyl (C=O) groups excluding carboxylic acids is 1. The second-order valence-electron chi connectivity index (χ2n) is 6.68. The lowest BCUT2D eigenvalue weighted by molar-refractivity contribution is -0.141. The Morgan fingerprint density at radius 2 is 1.85 bits per heavy atom. The van der Waals surface area contributed by atoms with Gasteiger partial charge in [0.15, 0.2) is 16.5 Å². The van der Waals surface area contributed by atoms with Crippen molar-refractivity contribution >= 4 is 64.6 Å². The van der Waals surface area contributed by atoms with Gasteiger partial charge in [-0.15, -0.1) is 12.4 Å². The molecule has 0 bridgehead atoms. The first kappa shape index (κ1) is 25.2. The summed E-state index contributed by atoms with van der Waals surface area (Å²) in [4.78, 5) is 20.7. The second kappa shape index (κ2) is 9.84. The Labute approximate surface area is 206 Å². The minimum Gasteiger partial charge on any atom is -0.329 e. The molecule has 33 heavy (non-hydrogen) atoms. The molecule has 0 radical (unpaired) electrons. The summed E-state index contributed by atoms with van der Waals surface area (Å²) in [7, 11) is 1.75. The SMILES string of the molecule is Cl.Cn1ccnc1SCc1c(C(F)(F)F)nc2c(NC(=O)c3c(Cl)cccc3Cl)cccn12. The maximum atomic E-state index is 13.8. The van der Waals surface area contributed by atoms with Crippen molar-refractivity contribution in [3.8, 4) is 0 Å². The quantitative estimate of drug-likeness (QED) is 0.302. The number of fused-ring (bicyclic) bond motifs is 1. The number of aromatic nitrogens is 4. The number of nitrogens with zero attached hydrogens (tertiary/aromatic N) is 4. The fourth-order valence-corrected chi connectivity index (χ4v) is 4.61. The zero-order chi connectivity index (χ0) is 23.0. The number of carbonyl (C=O) groups is 1. The molecule has 6 nitrogen and oxygen atoms in total. The van der Waals surface area contributed by atoms with Crippen LogP contribution in [0.15, 0.2) is 54.1 Å². The summed E-state index contributed by atoms with van der Waals surface area (Å²) >= 11 is 13.3. The maximum absolute atomic E-state index is 13.8. The Balaban J connectivity index is 0.00000306. The van der Waals surface area contributed by atoms with E-state index in [0.717, 1.165) is 11.8 Å². The van der Waals surface area contributed by atoms with Crippen molar-refractivity contribution in [1.29, 1.82) is 0 Å². The fraction of sp³-hybridized carbons (Fsp3) is 0.150. The van der Waals surface area contributed by atoms with Crippen molar-refractivity contribution in [2.45, 2.75) is 17.1 Å². The number of halogens is 6. The molecule has 13 heteroatoms. The van der Waals surface area contributed by atoms with Gasteiger partial charge in [-0.05, 0) is 24.3 Å². The van der Waals surface area contributed by atoms with Crippen LogP contribution < -0.4 is 5.32 Å². The Hall–Kier alpha value is -2.40. The van der Waals surface area contributed by atoms with Gasteiger partial charge in [-0.25, -0.2) is 9.97 Å². The predicted octanol–water partition coefficient (Wildman–Crippen LogP) is 6.36. The first-order valence-electron chi connectivity index (χ1n) is 9.09. The van der Waals surface area contributed by atoms with Crippen LogP contribution in [-0.4, -0.2) is 24.8 Å². The van der Waals surface area contributed by atoms with Crippen LogP contribution in [0.2, 0.25) is 10.0 Å². The minimum atomic E-state index is -4.68. The average molecular weight is 537 g/mol. The summed E-state index contributed by atoms with van der Waals surface area (Å²) < 4.78 is 44.3. The number of hydrogen-bond donors (Lipinski definition) is 1. The molecule has 1 aromatic carbocycles. The van der Waals surface area contributed by atoms with Crippen molar-refractivity contribution in [2.75, 3.05) is 5.32 Å². The van der Waals surface area contributed by atoms with E-state index in [9.17, 15) is 18.0 Å². The molecule has 174 valence electrons. The van der Waals surface area contributed by atoms with Gasteiger partial charge in [0.05, 0.1) is 27.0 Å². The van der Waals surface area contributed by atoms with E-state index in [0.29, 0.717) is 5.16 Å². The Morgan fingerprint density at radius 1 is 1.15 bits per heavy atom. The number of thioether (sulfide) groups is 1. The van der Waals surface area contributed by atoms with Crippen LogP contribution >= 0.6 is 47.4 Å². The molecule has 0 fully saturated rings. The van der Waals surface area contributed by atoms with Gasteiger partial charge in [-0.1, -0.05) is 41.0 Å². The van der Waals surface area contributed by atoms with Gasteiger partial charge in [-0.2, -0.15) is 13.2 Å². The van der Waals surface area contributed by atoms with Crippen LogP contribution in [-0.2, 0) is 19.0 Å². The number of rotatable bonds is 5. The highest BCUT2D eigenvalue weighted by Crippen LogP contribution is 2.36. The highest BCUT2D eigenvalue weighted by molar-refractivity contribution is 7.98. The number of pyridine rings is 1. The Morgan fingerprint density at radius 3 is 2.45 bits per heavy atom. The summed E-state index contributed by atoms with van der Waals surface area (Å²) in [5.74, 6) is -0.691. The Bertz CT molecular complexity index is 1300. The van der Waals surface area contributed by atoms with Crippen LogP contribution in [0.25, 0.3) is 5.65 Å². The van der Waals surface area contributed by atoms with E-state index in [1.807, 2.05) is 0 Å². The monoisotopic (exact) mass is 535 g/mol. The maximum Gasteiger partial charge on any atom is 0.435 e. The number of imidazole rings is 2. The lowest BCUT2D eigenvalue weighted by atomic mass is 10.2. The zero-order valence-electron chi connectivity index (χ0n) is 16.7. The summed E-state index contributed by atoms with van der Waals surface area (Å²) in [5, 5.41) is 3.37. The summed E-state index contributed by atoms with van der Waals surface area (Å²) in [6, 6.07) is 7.55. The molecule has 0 aliphatic rings. The third-order valence-electron chi connectivity index (χ3n) is 4.57. The molecule has 4 rings (SSSR count). The number of aryl methyl sites for hydroxylation is 1. The molecule has 1 amide bonds. The molecule has 0 unspecified atom stereocenters. The number of nitrogens with one attached hydrogen (secondary N) is 1. The van der Waals surface area contributed by atoms with Gasteiger partial charge in [0.2, 0.25) is 0 Å². The van der Waals surface area contributed by atoms with Crippen LogP contribution in [0, 0.1) is 0 Å². The van der Waals surface area contributed by atoms with Crippen molar-refractivity contribution < 1.29 is 18.0 Å². The second-order valence-corrected chi connectivity index (χ2v) is 8.44. The van der Waals surface area contributed by atoms with Crippen molar-refractivity contribution in [2.24, 2.45) is 7.05 Å².